The molecule has 5 rings (SSSR count). The fourth-order valence-electron chi connectivity index (χ4n) is 4.21. The van der Waals surface area contributed by atoms with Gasteiger partial charge in [-0.3, -0.25) is 4.99 Å². The van der Waals surface area contributed by atoms with Crippen molar-refractivity contribution in [3.8, 4) is 22.3 Å². The summed E-state index contributed by atoms with van der Waals surface area (Å²) in [7, 11) is 0. The largest absolute Gasteiger partial charge is 0.383 e. The number of rotatable bonds is 6. The van der Waals surface area contributed by atoms with Gasteiger partial charge in [-0.05, 0) is 46.9 Å². The molecule has 2 N–H and O–H groups in total. The van der Waals surface area contributed by atoms with Gasteiger partial charge in [0.1, 0.15) is 5.84 Å². The van der Waals surface area contributed by atoms with E-state index >= 15 is 0 Å². The fraction of sp³-hybridized carbons (Fsp3) is 0.0588. The predicted octanol–water partition coefficient (Wildman–Crippen LogP) is 7.68. The summed E-state index contributed by atoms with van der Waals surface area (Å²) in [4.78, 5) is 9.75. The molecule has 0 saturated heterocycles. The standard InChI is InChI=1S/C34H29N3/c1-25-18-20-29(21-19-25)34(36-24-26-10-8-15-30(22-26)27-11-4-2-5-12-27)37-33(35)32-17-9-16-31(23-32)28-13-6-3-7-14-28/h2-23H,24H2,1H3,(H2,35,36,37). The molecule has 0 saturated carbocycles. The maximum atomic E-state index is 6.55. The summed E-state index contributed by atoms with van der Waals surface area (Å²) < 4.78 is 0. The minimum Gasteiger partial charge on any atom is -0.383 e. The average molecular weight is 480 g/mol. The Morgan fingerprint density at radius 2 is 1.14 bits per heavy atom. The van der Waals surface area contributed by atoms with E-state index in [1.54, 1.807) is 0 Å². The molecule has 0 atom stereocenters. The third-order valence-electron chi connectivity index (χ3n) is 6.25. The Bertz CT molecular complexity index is 1530. The van der Waals surface area contributed by atoms with Crippen molar-refractivity contribution < 1.29 is 0 Å². The molecule has 0 spiro atoms. The number of amidine groups is 2. The molecular weight excluding hydrogens is 450 g/mol. The first-order chi connectivity index (χ1) is 18.2. The van der Waals surface area contributed by atoms with Crippen LogP contribution in [0.2, 0.25) is 0 Å². The molecule has 180 valence electrons. The molecule has 0 unspecified atom stereocenters. The first kappa shape index (κ1) is 24.0. The van der Waals surface area contributed by atoms with Gasteiger partial charge in [-0.2, -0.15) is 0 Å². The van der Waals surface area contributed by atoms with Crippen molar-refractivity contribution in [2.24, 2.45) is 15.7 Å². The molecular formula is C34H29N3. The fourth-order valence-corrected chi connectivity index (χ4v) is 4.21. The monoisotopic (exact) mass is 479 g/mol. The molecule has 0 radical (unpaired) electrons. The quantitative estimate of drug-likeness (QED) is 0.197. The highest BCUT2D eigenvalue weighted by Crippen LogP contribution is 2.22. The van der Waals surface area contributed by atoms with E-state index in [1.807, 2.05) is 48.5 Å². The van der Waals surface area contributed by atoms with Crippen LogP contribution in [-0.2, 0) is 6.54 Å². The molecule has 5 aromatic carbocycles. The molecule has 3 heteroatoms. The Morgan fingerprint density at radius 1 is 0.568 bits per heavy atom. The Balaban J connectivity index is 1.48. The maximum Gasteiger partial charge on any atom is 0.157 e. The molecule has 0 aliphatic heterocycles. The summed E-state index contributed by atoms with van der Waals surface area (Å²) in [5.41, 5.74) is 15.3. The number of hydrogen-bond donors (Lipinski definition) is 1. The molecule has 0 aromatic heterocycles. The van der Waals surface area contributed by atoms with Crippen LogP contribution >= 0.6 is 0 Å². The van der Waals surface area contributed by atoms with E-state index in [-0.39, 0.29) is 0 Å². The lowest BCUT2D eigenvalue weighted by atomic mass is 10.0. The molecule has 0 aliphatic carbocycles. The number of nitrogens with two attached hydrogens (primary N) is 1. The second kappa shape index (κ2) is 11.3. The SMILES string of the molecule is Cc1ccc(C(N=C(N)c2cccc(-c3ccccc3)c2)=NCc2cccc(-c3ccccc3)c2)cc1. The highest BCUT2D eigenvalue weighted by atomic mass is 15.0. The Kier molecular flexibility index (Phi) is 7.33. The summed E-state index contributed by atoms with van der Waals surface area (Å²) in [6, 6.07) is 45.5. The zero-order valence-corrected chi connectivity index (χ0v) is 20.9. The lowest BCUT2D eigenvalue weighted by molar-refractivity contribution is 1.06. The summed E-state index contributed by atoms with van der Waals surface area (Å²) in [5.74, 6) is 1.06. The predicted molar refractivity (Wildman–Crippen MR) is 156 cm³/mol. The van der Waals surface area contributed by atoms with Crippen LogP contribution in [0.25, 0.3) is 22.3 Å². The average Bonchev–Trinajstić information content (AvgIpc) is 2.97. The van der Waals surface area contributed by atoms with Gasteiger partial charge in [0, 0.05) is 11.1 Å². The summed E-state index contributed by atoms with van der Waals surface area (Å²) in [5, 5.41) is 0. The summed E-state index contributed by atoms with van der Waals surface area (Å²) >= 11 is 0. The van der Waals surface area contributed by atoms with Crippen LogP contribution in [-0.4, -0.2) is 11.7 Å². The first-order valence-electron chi connectivity index (χ1n) is 12.4. The van der Waals surface area contributed by atoms with Crippen molar-refractivity contribution in [2.45, 2.75) is 13.5 Å². The van der Waals surface area contributed by atoms with Crippen molar-refractivity contribution in [1.82, 2.24) is 0 Å². The van der Waals surface area contributed by atoms with E-state index in [1.165, 1.54) is 16.7 Å². The van der Waals surface area contributed by atoms with Crippen LogP contribution in [0.15, 0.2) is 143 Å². The van der Waals surface area contributed by atoms with Gasteiger partial charge in [0.2, 0.25) is 0 Å². The first-order valence-corrected chi connectivity index (χ1v) is 12.4. The van der Waals surface area contributed by atoms with Crippen molar-refractivity contribution in [1.29, 1.82) is 0 Å². The van der Waals surface area contributed by atoms with Crippen LogP contribution in [0, 0.1) is 6.92 Å². The lowest BCUT2D eigenvalue weighted by Gasteiger charge is -2.08. The number of nitrogens with zero attached hydrogens (tertiary/aromatic N) is 2. The summed E-state index contributed by atoms with van der Waals surface area (Å²) in [6.07, 6.45) is 0. The molecule has 5 aromatic rings. The van der Waals surface area contributed by atoms with Crippen molar-refractivity contribution in [2.75, 3.05) is 0 Å². The van der Waals surface area contributed by atoms with E-state index in [4.69, 9.17) is 15.7 Å². The number of benzene rings is 5. The Morgan fingerprint density at radius 3 is 1.78 bits per heavy atom. The van der Waals surface area contributed by atoms with Crippen LogP contribution in [0.1, 0.15) is 22.3 Å². The molecule has 0 fully saturated rings. The molecule has 0 aliphatic rings. The van der Waals surface area contributed by atoms with Gasteiger partial charge < -0.3 is 5.73 Å². The van der Waals surface area contributed by atoms with Crippen molar-refractivity contribution in [3.63, 3.8) is 0 Å². The van der Waals surface area contributed by atoms with Gasteiger partial charge in [-0.25, -0.2) is 4.99 Å². The van der Waals surface area contributed by atoms with Crippen LogP contribution < -0.4 is 5.73 Å². The normalized spacial score (nSPS) is 11.9. The van der Waals surface area contributed by atoms with E-state index < -0.39 is 0 Å². The lowest BCUT2D eigenvalue weighted by Crippen LogP contribution is -2.16. The zero-order valence-electron chi connectivity index (χ0n) is 20.9. The number of hydrogen-bond acceptors (Lipinski definition) is 1. The summed E-state index contributed by atoms with van der Waals surface area (Å²) in [6.45, 7) is 2.58. The van der Waals surface area contributed by atoms with E-state index in [0.29, 0.717) is 18.2 Å². The van der Waals surface area contributed by atoms with E-state index in [9.17, 15) is 0 Å². The highest BCUT2D eigenvalue weighted by Gasteiger charge is 2.08. The number of aliphatic imine (C=N–C) groups is 2. The molecule has 0 amide bonds. The zero-order chi connectivity index (χ0) is 25.5. The van der Waals surface area contributed by atoms with Crippen LogP contribution in [0.3, 0.4) is 0 Å². The van der Waals surface area contributed by atoms with E-state index in [0.717, 1.165) is 27.8 Å². The Labute approximate surface area is 218 Å². The third kappa shape index (κ3) is 6.09. The molecule has 3 nitrogen and oxygen atoms in total. The Hall–Kier alpha value is -4.76. The van der Waals surface area contributed by atoms with Gasteiger partial charge in [-0.1, -0.05) is 127 Å². The second-order valence-corrected chi connectivity index (χ2v) is 9.02. The third-order valence-corrected chi connectivity index (χ3v) is 6.25. The van der Waals surface area contributed by atoms with Crippen molar-refractivity contribution in [3.05, 3.63) is 156 Å². The molecule has 0 heterocycles. The second-order valence-electron chi connectivity index (χ2n) is 9.02. The maximum absolute atomic E-state index is 6.55. The minimum absolute atomic E-state index is 0.440. The van der Waals surface area contributed by atoms with Gasteiger partial charge in [-0.15, -0.1) is 0 Å². The van der Waals surface area contributed by atoms with Gasteiger partial charge >= 0.3 is 0 Å². The van der Waals surface area contributed by atoms with Gasteiger partial charge in [0.15, 0.2) is 5.84 Å². The van der Waals surface area contributed by atoms with Crippen LogP contribution in [0.4, 0.5) is 0 Å². The highest BCUT2D eigenvalue weighted by molar-refractivity contribution is 6.11. The van der Waals surface area contributed by atoms with E-state index in [2.05, 4.69) is 91.9 Å². The van der Waals surface area contributed by atoms with Gasteiger partial charge in [0.25, 0.3) is 0 Å². The molecule has 37 heavy (non-hydrogen) atoms. The van der Waals surface area contributed by atoms with Crippen LogP contribution in [0.5, 0.6) is 0 Å². The van der Waals surface area contributed by atoms with Gasteiger partial charge in [0.05, 0.1) is 6.54 Å². The number of aryl methyl sites for hydroxylation is 1. The molecule has 0 bridgehead atoms. The smallest absolute Gasteiger partial charge is 0.157 e. The van der Waals surface area contributed by atoms with Crippen molar-refractivity contribution >= 4 is 11.7 Å². The minimum atomic E-state index is 0.440. The topological polar surface area (TPSA) is 50.7 Å².